The molecule has 112 valence electrons. The average Bonchev–Trinajstić information content (AvgIpc) is 2.89. The molecule has 0 aromatic rings. The molecule has 1 saturated heterocycles. The van der Waals surface area contributed by atoms with Crippen LogP contribution in [0.4, 0.5) is 0 Å². The van der Waals surface area contributed by atoms with Crippen LogP contribution >= 0.6 is 0 Å². The van der Waals surface area contributed by atoms with Crippen molar-refractivity contribution in [3.05, 3.63) is 0 Å². The van der Waals surface area contributed by atoms with Crippen LogP contribution in [-0.2, 0) is 10.0 Å². The van der Waals surface area contributed by atoms with E-state index in [0.717, 1.165) is 31.6 Å². The van der Waals surface area contributed by atoms with Gasteiger partial charge in [0.15, 0.2) is 0 Å². The van der Waals surface area contributed by atoms with Crippen LogP contribution in [-0.4, -0.2) is 38.1 Å². The second-order valence-electron chi connectivity index (χ2n) is 6.42. The Morgan fingerprint density at radius 1 is 1.21 bits per heavy atom. The van der Waals surface area contributed by atoms with E-state index < -0.39 is 10.0 Å². The molecular weight excluding hydrogens is 260 g/mol. The molecule has 2 rings (SSSR count). The third kappa shape index (κ3) is 4.43. The maximum absolute atomic E-state index is 11.6. The van der Waals surface area contributed by atoms with Gasteiger partial charge in [0.2, 0.25) is 10.0 Å². The van der Waals surface area contributed by atoms with E-state index in [1.54, 1.807) is 4.31 Å². The Morgan fingerprint density at radius 3 is 2.53 bits per heavy atom. The quantitative estimate of drug-likeness (QED) is 0.841. The van der Waals surface area contributed by atoms with Gasteiger partial charge in [-0.15, -0.1) is 0 Å². The topological polar surface area (TPSA) is 63.4 Å². The first-order valence-electron chi connectivity index (χ1n) is 7.67. The van der Waals surface area contributed by atoms with Crippen molar-refractivity contribution in [2.75, 3.05) is 19.3 Å². The first-order valence-corrected chi connectivity index (χ1v) is 9.52. The molecule has 2 atom stereocenters. The average molecular weight is 288 g/mol. The summed E-state index contributed by atoms with van der Waals surface area (Å²) in [5.74, 6) is 1.23. The maximum Gasteiger partial charge on any atom is 0.211 e. The summed E-state index contributed by atoms with van der Waals surface area (Å²) in [4.78, 5) is 0. The van der Waals surface area contributed by atoms with Gasteiger partial charge in [-0.25, -0.2) is 12.7 Å². The van der Waals surface area contributed by atoms with Crippen LogP contribution in [0.2, 0.25) is 0 Å². The number of nitrogens with two attached hydrogens (primary N) is 1. The van der Waals surface area contributed by atoms with E-state index in [-0.39, 0.29) is 0 Å². The maximum atomic E-state index is 11.6. The first-order chi connectivity index (χ1) is 8.97. The molecule has 1 aliphatic carbocycles. The van der Waals surface area contributed by atoms with Gasteiger partial charge in [0.25, 0.3) is 0 Å². The Balaban J connectivity index is 1.76. The molecule has 0 aromatic carbocycles. The largest absolute Gasteiger partial charge is 0.327 e. The zero-order valence-electron chi connectivity index (χ0n) is 12.1. The molecule has 0 bridgehead atoms. The molecule has 2 unspecified atom stereocenters. The molecule has 0 spiro atoms. The van der Waals surface area contributed by atoms with Crippen molar-refractivity contribution in [1.82, 2.24) is 4.31 Å². The lowest BCUT2D eigenvalue weighted by molar-refractivity contribution is 0.243. The third-order valence-electron chi connectivity index (χ3n) is 4.86. The minimum Gasteiger partial charge on any atom is -0.327 e. The van der Waals surface area contributed by atoms with E-state index in [1.165, 1.54) is 31.9 Å². The summed E-state index contributed by atoms with van der Waals surface area (Å²) in [7, 11) is -3.01. The van der Waals surface area contributed by atoms with Gasteiger partial charge in [0.05, 0.1) is 6.26 Å². The predicted molar refractivity (Wildman–Crippen MR) is 78.3 cm³/mol. The van der Waals surface area contributed by atoms with Crippen LogP contribution < -0.4 is 5.73 Å². The lowest BCUT2D eigenvalue weighted by atomic mass is 9.88. The monoisotopic (exact) mass is 288 g/mol. The smallest absolute Gasteiger partial charge is 0.211 e. The van der Waals surface area contributed by atoms with Gasteiger partial charge < -0.3 is 5.73 Å². The SMILES string of the molecule is CS(=O)(=O)N1CCCC(CCC(N)C2CCCC2)C1. The molecule has 1 aliphatic heterocycles. The molecule has 5 heteroatoms. The summed E-state index contributed by atoms with van der Waals surface area (Å²) in [5, 5.41) is 0. The fourth-order valence-corrected chi connectivity index (χ4v) is 4.56. The molecule has 0 amide bonds. The van der Waals surface area contributed by atoms with Crippen LogP contribution in [0.25, 0.3) is 0 Å². The number of hydrogen-bond donors (Lipinski definition) is 1. The number of nitrogens with zero attached hydrogens (tertiary/aromatic N) is 1. The van der Waals surface area contributed by atoms with Gasteiger partial charge >= 0.3 is 0 Å². The predicted octanol–water partition coefficient (Wildman–Crippen LogP) is 1.96. The van der Waals surface area contributed by atoms with E-state index >= 15 is 0 Å². The molecule has 0 aromatic heterocycles. The van der Waals surface area contributed by atoms with Crippen molar-refractivity contribution < 1.29 is 8.42 Å². The molecule has 2 aliphatic rings. The van der Waals surface area contributed by atoms with E-state index in [9.17, 15) is 8.42 Å². The number of hydrogen-bond acceptors (Lipinski definition) is 3. The molecule has 0 radical (unpaired) electrons. The molecule has 2 N–H and O–H groups in total. The Morgan fingerprint density at radius 2 is 1.89 bits per heavy atom. The Hall–Kier alpha value is -0.130. The van der Waals surface area contributed by atoms with Crippen molar-refractivity contribution >= 4 is 10.0 Å². The summed E-state index contributed by atoms with van der Waals surface area (Å²) in [6, 6.07) is 0.330. The second-order valence-corrected chi connectivity index (χ2v) is 8.40. The summed E-state index contributed by atoms with van der Waals surface area (Å²) in [6.45, 7) is 1.40. The van der Waals surface area contributed by atoms with E-state index in [1.807, 2.05) is 0 Å². The molecule has 2 fully saturated rings. The minimum atomic E-state index is -3.01. The number of sulfonamides is 1. The number of piperidine rings is 1. The number of rotatable bonds is 5. The van der Waals surface area contributed by atoms with Crippen LogP contribution in [0.1, 0.15) is 51.4 Å². The Kier molecular flexibility index (Phi) is 5.26. The highest BCUT2D eigenvalue weighted by Crippen LogP contribution is 2.30. The van der Waals surface area contributed by atoms with Crippen LogP contribution in [0.5, 0.6) is 0 Å². The zero-order chi connectivity index (χ0) is 13.9. The summed E-state index contributed by atoms with van der Waals surface area (Å²) in [5.41, 5.74) is 6.28. The summed E-state index contributed by atoms with van der Waals surface area (Å²) < 4.78 is 24.8. The molecule has 1 heterocycles. The van der Waals surface area contributed by atoms with Gasteiger partial charge in [-0.1, -0.05) is 12.8 Å². The minimum absolute atomic E-state index is 0.330. The van der Waals surface area contributed by atoms with Crippen LogP contribution in [0, 0.1) is 11.8 Å². The van der Waals surface area contributed by atoms with Gasteiger partial charge in [0.1, 0.15) is 0 Å². The highest BCUT2D eigenvalue weighted by molar-refractivity contribution is 7.88. The lowest BCUT2D eigenvalue weighted by Gasteiger charge is -2.32. The molecular formula is C14H28N2O2S. The van der Waals surface area contributed by atoms with E-state index in [4.69, 9.17) is 5.73 Å². The molecule has 4 nitrogen and oxygen atoms in total. The summed E-state index contributed by atoms with van der Waals surface area (Å²) >= 11 is 0. The van der Waals surface area contributed by atoms with E-state index in [0.29, 0.717) is 25.0 Å². The van der Waals surface area contributed by atoms with Crippen molar-refractivity contribution in [2.24, 2.45) is 17.6 Å². The fraction of sp³-hybridized carbons (Fsp3) is 1.00. The van der Waals surface area contributed by atoms with Crippen molar-refractivity contribution in [2.45, 2.75) is 57.4 Å². The van der Waals surface area contributed by atoms with Gasteiger partial charge in [-0.05, 0) is 50.4 Å². The zero-order valence-corrected chi connectivity index (χ0v) is 12.9. The van der Waals surface area contributed by atoms with Crippen molar-refractivity contribution in [1.29, 1.82) is 0 Å². The van der Waals surface area contributed by atoms with Crippen molar-refractivity contribution in [3.8, 4) is 0 Å². The fourth-order valence-electron chi connectivity index (χ4n) is 3.61. The van der Waals surface area contributed by atoms with Crippen LogP contribution in [0.3, 0.4) is 0 Å². The van der Waals surface area contributed by atoms with Gasteiger partial charge in [0, 0.05) is 19.1 Å². The normalized spacial score (nSPS) is 28.6. The molecule has 19 heavy (non-hydrogen) atoms. The first kappa shape index (κ1) is 15.3. The van der Waals surface area contributed by atoms with Crippen LogP contribution in [0.15, 0.2) is 0 Å². The Bertz CT molecular complexity index is 377. The van der Waals surface area contributed by atoms with E-state index in [2.05, 4.69) is 0 Å². The molecule has 1 saturated carbocycles. The van der Waals surface area contributed by atoms with Crippen molar-refractivity contribution in [3.63, 3.8) is 0 Å². The highest BCUT2D eigenvalue weighted by Gasteiger charge is 2.27. The lowest BCUT2D eigenvalue weighted by Crippen LogP contribution is -2.40. The standard InChI is InChI=1S/C14H28N2O2S/c1-19(17,18)16-10-4-5-12(11-16)8-9-14(15)13-6-2-3-7-13/h12-14H,2-11,15H2,1H3. The third-order valence-corrected chi connectivity index (χ3v) is 6.13. The Labute approximate surface area is 117 Å². The summed E-state index contributed by atoms with van der Waals surface area (Å²) in [6.07, 6.45) is 10.9. The highest BCUT2D eigenvalue weighted by atomic mass is 32.2. The van der Waals surface area contributed by atoms with Gasteiger partial charge in [-0.2, -0.15) is 0 Å². The second kappa shape index (κ2) is 6.55. The van der Waals surface area contributed by atoms with Gasteiger partial charge in [-0.3, -0.25) is 0 Å².